The van der Waals surface area contributed by atoms with Crippen LogP contribution in [0, 0.1) is 24.1 Å². The van der Waals surface area contributed by atoms with E-state index in [0.717, 1.165) is 25.2 Å². The molecule has 7 heteroatoms. The predicted octanol–water partition coefficient (Wildman–Crippen LogP) is 2.40. The summed E-state index contributed by atoms with van der Waals surface area (Å²) < 4.78 is 19.0. The number of aromatic nitrogens is 4. The maximum absolute atomic E-state index is 13.0. The molecule has 3 heterocycles. The molecule has 0 spiro atoms. The zero-order valence-electron chi connectivity index (χ0n) is 13.7. The summed E-state index contributed by atoms with van der Waals surface area (Å²) in [5.41, 5.74) is 0.971. The molecule has 0 N–H and O–H groups in total. The minimum absolute atomic E-state index is 0.0743. The second kappa shape index (κ2) is 5.96. The van der Waals surface area contributed by atoms with Gasteiger partial charge in [-0.25, -0.2) is 24.3 Å². The summed E-state index contributed by atoms with van der Waals surface area (Å²) in [6.45, 7) is 4.24. The Kier molecular flexibility index (Phi) is 3.78. The molecule has 2 aromatic rings. The molecule has 1 saturated carbocycles. The number of hydrogen-bond donors (Lipinski definition) is 0. The van der Waals surface area contributed by atoms with Gasteiger partial charge < -0.3 is 9.64 Å². The third-order valence-electron chi connectivity index (χ3n) is 5.19. The number of rotatable bonds is 4. The quantitative estimate of drug-likeness (QED) is 0.858. The van der Waals surface area contributed by atoms with Crippen molar-refractivity contribution in [3.05, 3.63) is 36.2 Å². The van der Waals surface area contributed by atoms with Gasteiger partial charge in [0.2, 0.25) is 5.95 Å². The van der Waals surface area contributed by atoms with Gasteiger partial charge in [0.15, 0.2) is 5.82 Å². The van der Waals surface area contributed by atoms with E-state index in [4.69, 9.17) is 4.74 Å². The maximum Gasteiger partial charge on any atom is 0.316 e. The van der Waals surface area contributed by atoms with Crippen molar-refractivity contribution in [1.82, 2.24) is 19.9 Å². The zero-order valence-corrected chi connectivity index (χ0v) is 13.7. The summed E-state index contributed by atoms with van der Waals surface area (Å²) in [7, 11) is 0. The molecule has 0 aromatic carbocycles. The lowest BCUT2D eigenvalue weighted by molar-refractivity contribution is 0.130. The van der Waals surface area contributed by atoms with E-state index >= 15 is 0 Å². The summed E-state index contributed by atoms with van der Waals surface area (Å²) in [6, 6.07) is 2.29. The van der Waals surface area contributed by atoms with E-state index < -0.39 is 5.82 Å². The Morgan fingerprint density at radius 1 is 1.33 bits per heavy atom. The Hall–Kier alpha value is -2.31. The highest BCUT2D eigenvalue weighted by Gasteiger charge is 2.50. The molecule has 2 unspecified atom stereocenters. The number of aryl methyl sites for hydroxylation is 1. The fourth-order valence-electron chi connectivity index (χ4n) is 3.98. The van der Waals surface area contributed by atoms with Gasteiger partial charge in [-0.3, -0.25) is 0 Å². The molecule has 24 heavy (non-hydrogen) atoms. The van der Waals surface area contributed by atoms with Crippen LogP contribution in [0.4, 0.5) is 10.3 Å². The molecule has 1 aliphatic heterocycles. The normalized spacial score (nSPS) is 25.8. The van der Waals surface area contributed by atoms with Gasteiger partial charge in [-0.1, -0.05) is 6.42 Å². The van der Waals surface area contributed by atoms with Crippen LogP contribution in [0.1, 0.15) is 25.0 Å². The molecular weight excluding hydrogens is 309 g/mol. The molecule has 2 aliphatic rings. The highest BCUT2D eigenvalue weighted by molar-refractivity contribution is 5.33. The summed E-state index contributed by atoms with van der Waals surface area (Å²) in [6.07, 6.45) is 7.66. The maximum atomic E-state index is 13.0. The van der Waals surface area contributed by atoms with Crippen LogP contribution in [0.15, 0.2) is 24.7 Å². The lowest BCUT2D eigenvalue weighted by atomic mass is 9.82. The standard InChI is InChI=1S/C17H20FN5O/c1-12-4-6-19-16(22-12)24-11-17-5-2-3-13(17)9-23(10-17)15-20-7-14(18)8-21-15/h4,6-8,13H,2-3,5,9-11H2,1H3. The van der Waals surface area contributed by atoms with Gasteiger partial charge in [0.05, 0.1) is 19.0 Å². The van der Waals surface area contributed by atoms with E-state index in [-0.39, 0.29) is 5.41 Å². The molecule has 1 saturated heterocycles. The monoisotopic (exact) mass is 329 g/mol. The van der Waals surface area contributed by atoms with Gasteiger partial charge in [0.1, 0.15) is 0 Å². The van der Waals surface area contributed by atoms with Gasteiger partial charge >= 0.3 is 6.01 Å². The largest absolute Gasteiger partial charge is 0.463 e. The van der Waals surface area contributed by atoms with Gasteiger partial charge in [0.25, 0.3) is 0 Å². The summed E-state index contributed by atoms with van der Waals surface area (Å²) in [4.78, 5) is 18.9. The first-order valence-electron chi connectivity index (χ1n) is 8.30. The SMILES string of the molecule is Cc1ccnc(OCC23CCCC2CN(c2ncc(F)cn2)C3)n1. The van der Waals surface area contributed by atoms with Crippen molar-refractivity contribution in [2.45, 2.75) is 26.2 Å². The molecule has 126 valence electrons. The summed E-state index contributed by atoms with van der Waals surface area (Å²) in [5.74, 6) is 0.723. The number of nitrogens with zero attached hydrogens (tertiary/aromatic N) is 5. The van der Waals surface area contributed by atoms with E-state index in [1.165, 1.54) is 25.2 Å². The van der Waals surface area contributed by atoms with Crippen LogP contribution in [0.5, 0.6) is 6.01 Å². The highest BCUT2D eigenvalue weighted by Crippen LogP contribution is 2.49. The minimum Gasteiger partial charge on any atom is -0.463 e. The van der Waals surface area contributed by atoms with Crippen LogP contribution in [0.2, 0.25) is 0 Å². The first-order valence-corrected chi connectivity index (χ1v) is 8.30. The second-order valence-electron chi connectivity index (χ2n) is 6.80. The highest BCUT2D eigenvalue weighted by atomic mass is 19.1. The molecule has 2 atom stereocenters. The molecule has 6 nitrogen and oxygen atoms in total. The first kappa shape index (κ1) is 15.2. The Balaban J connectivity index is 1.49. The molecule has 0 radical (unpaired) electrons. The van der Waals surface area contributed by atoms with Crippen molar-refractivity contribution in [3.8, 4) is 6.01 Å². The van der Waals surface area contributed by atoms with Crippen LogP contribution in [-0.4, -0.2) is 39.6 Å². The van der Waals surface area contributed by atoms with E-state index in [0.29, 0.717) is 24.5 Å². The van der Waals surface area contributed by atoms with Crippen LogP contribution >= 0.6 is 0 Å². The molecule has 0 bridgehead atoms. The average Bonchev–Trinajstić information content (AvgIpc) is 3.11. The topological polar surface area (TPSA) is 64.0 Å². The first-order chi connectivity index (χ1) is 11.6. The third-order valence-corrected chi connectivity index (χ3v) is 5.19. The van der Waals surface area contributed by atoms with Crippen LogP contribution in [-0.2, 0) is 0 Å². The number of hydrogen-bond acceptors (Lipinski definition) is 6. The van der Waals surface area contributed by atoms with E-state index in [1.807, 2.05) is 13.0 Å². The fourth-order valence-corrected chi connectivity index (χ4v) is 3.98. The van der Waals surface area contributed by atoms with Gasteiger partial charge in [0, 0.05) is 30.4 Å². The molecule has 4 rings (SSSR count). The minimum atomic E-state index is -0.409. The number of fused-ring (bicyclic) bond motifs is 1. The Morgan fingerprint density at radius 3 is 2.96 bits per heavy atom. The van der Waals surface area contributed by atoms with Gasteiger partial charge in [-0.2, -0.15) is 0 Å². The van der Waals surface area contributed by atoms with Crippen molar-refractivity contribution in [3.63, 3.8) is 0 Å². The Morgan fingerprint density at radius 2 is 2.17 bits per heavy atom. The number of ether oxygens (including phenoxy) is 1. The van der Waals surface area contributed by atoms with Crippen molar-refractivity contribution in [2.24, 2.45) is 11.3 Å². The second-order valence-corrected chi connectivity index (χ2v) is 6.80. The lowest BCUT2D eigenvalue weighted by Crippen LogP contribution is -2.34. The Labute approximate surface area is 140 Å². The number of halogens is 1. The molecule has 0 amide bonds. The molecule has 2 aromatic heterocycles. The average molecular weight is 329 g/mol. The molecule has 1 aliphatic carbocycles. The molecule has 2 fully saturated rings. The van der Waals surface area contributed by atoms with E-state index in [9.17, 15) is 4.39 Å². The summed E-state index contributed by atoms with van der Waals surface area (Å²) in [5, 5.41) is 0. The van der Waals surface area contributed by atoms with E-state index in [2.05, 4.69) is 24.8 Å². The third kappa shape index (κ3) is 2.79. The fraction of sp³-hybridized carbons (Fsp3) is 0.529. The lowest BCUT2D eigenvalue weighted by Gasteiger charge is -2.28. The van der Waals surface area contributed by atoms with E-state index in [1.54, 1.807) is 6.20 Å². The smallest absolute Gasteiger partial charge is 0.316 e. The van der Waals surface area contributed by atoms with Gasteiger partial charge in [-0.15, -0.1) is 0 Å². The van der Waals surface area contributed by atoms with Crippen molar-refractivity contribution < 1.29 is 9.13 Å². The van der Waals surface area contributed by atoms with Crippen molar-refractivity contribution >= 4 is 5.95 Å². The summed E-state index contributed by atoms with van der Waals surface area (Å²) >= 11 is 0. The van der Waals surface area contributed by atoms with Crippen LogP contribution in [0.25, 0.3) is 0 Å². The van der Waals surface area contributed by atoms with Crippen LogP contribution in [0.3, 0.4) is 0 Å². The Bertz CT molecular complexity index is 725. The zero-order chi connectivity index (χ0) is 16.6. The molecular formula is C17H20FN5O. The van der Waals surface area contributed by atoms with Gasteiger partial charge in [-0.05, 0) is 31.7 Å². The number of anilines is 1. The van der Waals surface area contributed by atoms with Crippen molar-refractivity contribution in [2.75, 3.05) is 24.6 Å². The van der Waals surface area contributed by atoms with Crippen molar-refractivity contribution in [1.29, 1.82) is 0 Å². The van der Waals surface area contributed by atoms with Crippen LogP contribution < -0.4 is 9.64 Å². The predicted molar refractivity (Wildman–Crippen MR) is 86.2 cm³/mol.